The molecule has 1 aliphatic carbocycles. The van der Waals surface area contributed by atoms with Crippen LogP contribution in [0.5, 0.6) is 0 Å². The van der Waals surface area contributed by atoms with Crippen LogP contribution >= 0.6 is 23.2 Å². The molecule has 0 aliphatic heterocycles. The van der Waals surface area contributed by atoms with E-state index in [1.165, 1.54) is 34.2 Å². The molecule has 29 heavy (non-hydrogen) atoms. The lowest BCUT2D eigenvalue weighted by molar-refractivity contribution is 0.0970. The van der Waals surface area contributed by atoms with Crippen LogP contribution in [0.25, 0.3) is 22.0 Å². The molecule has 0 fully saturated rings. The Morgan fingerprint density at radius 1 is 1.00 bits per heavy atom. The third kappa shape index (κ3) is 3.05. The van der Waals surface area contributed by atoms with Crippen LogP contribution in [-0.4, -0.2) is 15.3 Å². The van der Waals surface area contributed by atoms with Gasteiger partial charge in [0.25, 0.3) is 5.56 Å². The van der Waals surface area contributed by atoms with Crippen LogP contribution in [0.15, 0.2) is 65.7 Å². The van der Waals surface area contributed by atoms with Gasteiger partial charge in [-0.3, -0.25) is 14.2 Å². The van der Waals surface area contributed by atoms with Crippen molar-refractivity contribution in [3.63, 3.8) is 0 Å². The number of halogens is 2. The molecule has 0 saturated carbocycles. The summed E-state index contributed by atoms with van der Waals surface area (Å²) in [5.74, 6) is -0.159. The molecule has 1 aromatic heterocycles. The highest BCUT2D eigenvalue weighted by atomic mass is 35.5. The van der Waals surface area contributed by atoms with Crippen molar-refractivity contribution in [2.75, 3.05) is 0 Å². The number of rotatable bonds is 3. The monoisotopic (exact) mass is 420 g/mol. The van der Waals surface area contributed by atoms with E-state index in [0.29, 0.717) is 26.5 Å². The first-order valence-electron chi connectivity index (χ1n) is 9.10. The topological polar surface area (TPSA) is 52.0 Å². The maximum atomic E-state index is 12.9. The number of hydrogen-bond donors (Lipinski definition) is 0. The Kier molecular flexibility index (Phi) is 4.26. The summed E-state index contributed by atoms with van der Waals surface area (Å²) in [4.78, 5) is 29.9. The van der Waals surface area contributed by atoms with E-state index < -0.39 is 0 Å². The van der Waals surface area contributed by atoms with E-state index in [1.54, 1.807) is 0 Å². The van der Waals surface area contributed by atoms with Crippen molar-refractivity contribution in [3.8, 4) is 11.1 Å². The van der Waals surface area contributed by atoms with Gasteiger partial charge in [-0.25, -0.2) is 4.98 Å². The first kappa shape index (κ1) is 18.1. The van der Waals surface area contributed by atoms with Crippen LogP contribution in [0.3, 0.4) is 0 Å². The molecular formula is C23H14Cl2N2O2. The molecule has 4 nitrogen and oxygen atoms in total. The molecular weight excluding hydrogens is 407 g/mol. The van der Waals surface area contributed by atoms with E-state index in [2.05, 4.69) is 17.1 Å². The van der Waals surface area contributed by atoms with Crippen molar-refractivity contribution in [2.45, 2.75) is 13.0 Å². The second kappa shape index (κ2) is 6.83. The molecule has 0 amide bonds. The maximum Gasteiger partial charge on any atom is 0.261 e. The van der Waals surface area contributed by atoms with Crippen molar-refractivity contribution in [1.82, 2.24) is 9.55 Å². The van der Waals surface area contributed by atoms with Gasteiger partial charge in [-0.15, -0.1) is 0 Å². The molecule has 3 aromatic carbocycles. The van der Waals surface area contributed by atoms with Crippen LogP contribution in [-0.2, 0) is 13.0 Å². The number of fused-ring (bicyclic) bond motifs is 4. The molecule has 1 aliphatic rings. The second-order valence-electron chi connectivity index (χ2n) is 7.09. The summed E-state index contributed by atoms with van der Waals surface area (Å²) in [5, 5.41) is 0.948. The summed E-state index contributed by atoms with van der Waals surface area (Å²) in [5.41, 5.74) is 5.29. The van der Waals surface area contributed by atoms with Crippen molar-refractivity contribution in [2.24, 2.45) is 0 Å². The molecule has 0 bridgehead atoms. The molecule has 0 spiro atoms. The van der Waals surface area contributed by atoms with E-state index in [4.69, 9.17) is 23.2 Å². The smallest absolute Gasteiger partial charge is 0.261 e. The highest BCUT2D eigenvalue weighted by Gasteiger charge is 2.20. The Morgan fingerprint density at radius 2 is 1.79 bits per heavy atom. The lowest BCUT2D eigenvalue weighted by Crippen LogP contribution is -2.24. The highest BCUT2D eigenvalue weighted by Crippen LogP contribution is 2.36. The van der Waals surface area contributed by atoms with Crippen molar-refractivity contribution in [3.05, 3.63) is 98.0 Å². The molecule has 5 rings (SSSR count). The summed E-state index contributed by atoms with van der Waals surface area (Å²) in [6.07, 6.45) is 2.22. The first-order valence-corrected chi connectivity index (χ1v) is 9.85. The average Bonchev–Trinajstić information content (AvgIpc) is 3.08. The summed E-state index contributed by atoms with van der Waals surface area (Å²) in [7, 11) is 0. The number of ketones is 1. The van der Waals surface area contributed by atoms with Gasteiger partial charge >= 0.3 is 0 Å². The molecule has 0 unspecified atom stereocenters. The molecule has 4 aromatic rings. The van der Waals surface area contributed by atoms with Crippen LogP contribution in [0.2, 0.25) is 10.0 Å². The van der Waals surface area contributed by atoms with E-state index in [0.717, 1.165) is 17.5 Å². The predicted octanol–water partition coefficient (Wildman–Crippen LogP) is 5.16. The second-order valence-corrected chi connectivity index (χ2v) is 7.93. The summed E-state index contributed by atoms with van der Waals surface area (Å²) in [6.45, 7) is -0.105. The molecule has 0 N–H and O–H groups in total. The van der Waals surface area contributed by atoms with E-state index in [-0.39, 0.29) is 17.9 Å². The van der Waals surface area contributed by atoms with Gasteiger partial charge in [0.1, 0.15) is 0 Å². The van der Waals surface area contributed by atoms with Crippen LogP contribution in [0.1, 0.15) is 21.5 Å². The van der Waals surface area contributed by atoms with Gasteiger partial charge in [-0.1, -0.05) is 59.6 Å². The summed E-state index contributed by atoms with van der Waals surface area (Å²) >= 11 is 12.1. The van der Waals surface area contributed by atoms with E-state index in [1.807, 2.05) is 30.3 Å². The largest absolute Gasteiger partial charge is 0.292 e. The van der Waals surface area contributed by atoms with Crippen LogP contribution < -0.4 is 5.56 Å². The van der Waals surface area contributed by atoms with Gasteiger partial charge in [-0.05, 0) is 46.9 Å². The lowest BCUT2D eigenvalue weighted by Gasteiger charge is -2.09. The standard InChI is InChI=1S/C23H14Cl2N2O2/c24-16-9-19-22(20(25)10-16)26-12-27(23(19)29)11-21(28)15-6-5-14-7-13-3-1-2-4-17(13)18(14)8-15/h1-6,8-10,12H,7,11H2. The normalized spacial score (nSPS) is 12.1. The number of nitrogens with zero attached hydrogens (tertiary/aromatic N) is 2. The van der Waals surface area contributed by atoms with Crippen LogP contribution in [0.4, 0.5) is 0 Å². The van der Waals surface area contributed by atoms with Gasteiger partial charge in [0, 0.05) is 10.6 Å². The fourth-order valence-electron chi connectivity index (χ4n) is 3.85. The van der Waals surface area contributed by atoms with Gasteiger partial charge in [-0.2, -0.15) is 0 Å². The fraction of sp³-hybridized carbons (Fsp3) is 0.0870. The fourth-order valence-corrected chi connectivity index (χ4v) is 4.39. The molecule has 0 atom stereocenters. The Hall–Kier alpha value is -2.95. The number of aromatic nitrogens is 2. The average molecular weight is 421 g/mol. The van der Waals surface area contributed by atoms with Gasteiger partial charge < -0.3 is 0 Å². The molecule has 0 radical (unpaired) electrons. The summed E-state index contributed by atoms with van der Waals surface area (Å²) in [6, 6.07) is 17.0. The van der Waals surface area contributed by atoms with E-state index >= 15 is 0 Å². The number of Topliss-reactive ketones (excluding diaryl/α,β-unsaturated/α-hetero) is 1. The number of carbonyl (C=O) groups excluding carboxylic acids is 1. The number of hydrogen-bond acceptors (Lipinski definition) is 3. The minimum atomic E-state index is -0.348. The zero-order valence-electron chi connectivity index (χ0n) is 15.2. The molecule has 1 heterocycles. The van der Waals surface area contributed by atoms with E-state index in [9.17, 15) is 9.59 Å². The first-order chi connectivity index (χ1) is 14.0. The van der Waals surface area contributed by atoms with Crippen molar-refractivity contribution < 1.29 is 4.79 Å². The van der Waals surface area contributed by atoms with Gasteiger partial charge in [0.05, 0.1) is 28.8 Å². The van der Waals surface area contributed by atoms with Gasteiger partial charge in [0.15, 0.2) is 5.78 Å². The predicted molar refractivity (Wildman–Crippen MR) is 115 cm³/mol. The zero-order chi connectivity index (χ0) is 20.1. The van der Waals surface area contributed by atoms with Crippen molar-refractivity contribution in [1.29, 1.82) is 0 Å². The SMILES string of the molecule is O=C(Cn1cnc2c(Cl)cc(Cl)cc2c1=O)c1ccc2c(c1)-c1ccccc1C2. The van der Waals surface area contributed by atoms with Crippen LogP contribution in [0, 0.1) is 0 Å². The maximum absolute atomic E-state index is 12.9. The minimum Gasteiger partial charge on any atom is -0.292 e. The Balaban J connectivity index is 1.51. The van der Waals surface area contributed by atoms with Gasteiger partial charge in [0.2, 0.25) is 0 Å². The Morgan fingerprint density at radius 3 is 2.66 bits per heavy atom. The third-order valence-corrected chi connectivity index (χ3v) is 5.79. The lowest BCUT2D eigenvalue weighted by atomic mass is 10.0. The molecule has 6 heteroatoms. The number of benzene rings is 3. The molecule has 142 valence electrons. The minimum absolute atomic E-state index is 0.105. The third-order valence-electron chi connectivity index (χ3n) is 5.28. The van der Waals surface area contributed by atoms with Crippen molar-refractivity contribution >= 4 is 39.9 Å². The Labute approximate surface area is 176 Å². The number of carbonyl (C=O) groups is 1. The quantitative estimate of drug-likeness (QED) is 0.379. The molecule has 0 saturated heterocycles. The zero-order valence-corrected chi connectivity index (χ0v) is 16.7. The highest BCUT2D eigenvalue weighted by molar-refractivity contribution is 6.38. The Bertz CT molecular complexity index is 1380. The summed E-state index contributed by atoms with van der Waals surface area (Å²) < 4.78 is 1.29.